The third kappa shape index (κ3) is 36.3. The van der Waals surface area contributed by atoms with Crippen LogP contribution in [0.1, 0.15) is 104 Å². The van der Waals surface area contributed by atoms with Crippen molar-refractivity contribution in [2.45, 2.75) is 110 Å². The van der Waals surface area contributed by atoms with Crippen LogP contribution < -0.4 is 5.73 Å². The molecule has 0 heterocycles. The normalized spacial score (nSPS) is 14.7. The second-order valence-electron chi connectivity index (χ2n) is 11.3. The minimum Gasteiger partial charge on any atom is -0.462 e. The molecule has 2 unspecified atom stereocenters. The second kappa shape index (κ2) is 36.5. The molecule has 0 aromatic heterocycles. The molecular formula is C41H64NO8P. The van der Waals surface area contributed by atoms with Crippen LogP contribution in [0.4, 0.5) is 0 Å². The number of allylic oxidation sites excluding steroid dienone is 18. The molecule has 0 aromatic rings. The van der Waals surface area contributed by atoms with Crippen molar-refractivity contribution in [3.05, 3.63) is 109 Å². The molecule has 0 saturated carbocycles. The number of nitrogens with two attached hydrogens (primary N) is 1. The SMILES string of the molecule is CC/C=C\C/C=C\C/C=C\C/C=C\C/C=C\CCCC(=O)OC(COC(=O)CC/C=C\C/C=C\C/C=C\C/C=C\CC)COP(=O)(O)OCCN. The van der Waals surface area contributed by atoms with E-state index < -0.39 is 32.5 Å². The zero-order chi connectivity index (χ0) is 37.5. The minimum absolute atomic E-state index is 0.0289. The number of rotatable bonds is 32. The maximum atomic E-state index is 12.5. The number of phosphoric ester groups is 1. The lowest BCUT2D eigenvalue weighted by molar-refractivity contribution is -0.161. The first kappa shape index (κ1) is 47.7. The van der Waals surface area contributed by atoms with Gasteiger partial charge in [-0.25, -0.2) is 4.57 Å². The van der Waals surface area contributed by atoms with Crippen LogP contribution in [0, 0.1) is 0 Å². The van der Waals surface area contributed by atoms with E-state index in [2.05, 4.69) is 98.9 Å². The number of carbonyl (C=O) groups excluding carboxylic acids is 2. The summed E-state index contributed by atoms with van der Waals surface area (Å²) in [5.41, 5.74) is 5.32. The number of esters is 2. The van der Waals surface area contributed by atoms with Gasteiger partial charge in [0.2, 0.25) is 0 Å². The summed E-state index contributed by atoms with van der Waals surface area (Å²) in [6.07, 6.45) is 47.2. The van der Waals surface area contributed by atoms with Gasteiger partial charge in [-0.15, -0.1) is 0 Å². The van der Waals surface area contributed by atoms with Crippen molar-refractivity contribution in [1.82, 2.24) is 0 Å². The molecular weight excluding hydrogens is 665 g/mol. The Bertz CT molecular complexity index is 1200. The highest BCUT2D eigenvalue weighted by atomic mass is 31.2. The van der Waals surface area contributed by atoms with Crippen LogP contribution in [0.15, 0.2) is 109 Å². The van der Waals surface area contributed by atoms with Crippen LogP contribution in [-0.4, -0.2) is 49.3 Å². The maximum absolute atomic E-state index is 12.5. The molecule has 51 heavy (non-hydrogen) atoms. The molecule has 286 valence electrons. The van der Waals surface area contributed by atoms with Gasteiger partial charge in [-0.2, -0.15) is 0 Å². The quantitative estimate of drug-likeness (QED) is 0.0300. The van der Waals surface area contributed by atoms with Crippen molar-refractivity contribution in [1.29, 1.82) is 0 Å². The van der Waals surface area contributed by atoms with Gasteiger partial charge in [-0.3, -0.25) is 18.6 Å². The van der Waals surface area contributed by atoms with Crippen molar-refractivity contribution in [3.8, 4) is 0 Å². The first-order chi connectivity index (χ1) is 24.8. The van der Waals surface area contributed by atoms with E-state index in [4.69, 9.17) is 24.3 Å². The van der Waals surface area contributed by atoms with Gasteiger partial charge in [0, 0.05) is 19.4 Å². The van der Waals surface area contributed by atoms with Gasteiger partial charge >= 0.3 is 19.8 Å². The van der Waals surface area contributed by atoms with Crippen LogP contribution in [0.5, 0.6) is 0 Å². The van der Waals surface area contributed by atoms with Crippen molar-refractivity contribution in [2.75, 3.05) is 26.4 Å². The van der Waals surface area contributed by atoms with Gasteiger partial charge < -0.3 is 20.1 Å². The number of ether oxygens (including phenoxy) is 2. The van der Waals surface area contributed by atoms with E-state index in [0.29, 0.717) is 19.3 Å². The largest absolute Gasteiger partial charge is 0.472 e. The van der Waals surface area contributed by atoms with Gasteiger partial charge in [0.15, 0.2) is 6.10 Å². The smallest absolute Gasteiger partial charge is 0.462 e. The average Bonchev–Trinajstić information content (AvgIpc) is 3.11. The van der Waals surface area contributed by atoms with Gasteiger partial charge in [-0.05, 0) is 77.0 Å². The highest BCUT2D eigenvalue weighted by molar-refractivity contribution is 7.47. The lowest BCUT2D eigenvalue weighted by Crippen LogP contribution is -2.29. The molecule has 0 radical (unpaired) electrons. The summed E-state index contributed by atoms with van der Waals surface area (Å²) in [4.78, 5) is 34.6. The number of unbranched alkanes of at least 4 members (excludes halogenated alkanes) is 1. The predicted molar refractivity (Wildman–Crippen MR) is 210 cm³/mol. The van der Waals surface area contributed by atoms with E-state index in [9.17, 15) is 19.0 Å². The lowest BCUT2D eigenvalue weighted by Gasteiger charge is -2.19. The van der Waals surface area contributed by atoms with E-state index in [1.54, 1.807) is 0 Å². The maximum Gasteiger partial charge on any atom is 0.472 e. The molecule has 9 nitrogen and oxygen atoms in total. The van der Waals surface area contributed by atoms with E-state index in [1.807, 2.05) is 24.3 Å². The molecule has 0 saturated heterocycles. The Hall–Kier alpha value is -3.33. The van der Waals surface area contributed by atoms with E-state index in [1.165, 1.54) is 0 Å². The first-order valence-corrected chi connectivity index (χ1v) is 19.9. The topological polar surface area (TPSA) is 134 Å². The molecule has 0 aliphatic carbocycles. The van der Waals surface area contributed by atoms with Crippen molar-refractivity contribution >= 4 is 19.8 Å². The minimum atomic E-state index is -4.41. The zero-order valence-electron chi connectivity index (χ0n) is 31.0. The highest BCUT2D eigenvalue weighted by Crippen LogP contribution is 2.43. The van der Waals surface area contributed by atoms with Crippen LogP contribution in [0.2, 0.25) is 0 Å². The van der Waals surface area contributed by atoms with E-state index in [-0.39, 0.29) is 32.6 Å². The van der Waals surface area contributed by atoms with Gasteiger partial charge in [0.05, 0.1) is 13.2 Å². The Morgan fingerprint density at radius 3 is 1.47 bits per heavy atom. The van der Waals surface area contributed by atoms with Gasteiger partial charge in [-0.1, -0.05) is 123 Å². The van der Waals surface area contributed by atoms with Crippen LogP contribution >= 0.6 is 7.82 Å². The lowest BCUT2D eigenvalue weighted by atomic mass is 10.2. The van der Waals surface area contributed by atoms with Crippen LogP contribution in [-0.2, 0) is 32.7 Å². The number of carbonyl (C=O) groups is 2. The summed E-state index contributed by atoms with van der Waals surface area (Å²) in [6, 6.07) is 0. The monoisotopic (exact) mass is 729 g/mol. The summed E-state index contributed by atoms with van der Waals surface area (Å²) in [6.45, 7) is 3.30. The Balaban J connectivity index is 4.48. The molecule has 10 heteroatoms. The fraction of sp³-hybridized carbons (Fsp3) is 0.512. The molecule has 0 spiro atoms. The van der Waals surface area contributed by atoms with Crippen molar-refractivity contribution in [3.63, 3.8) is 0 Å². The Morgan fingerprint density at radius 2 is 1.02 bits per heavy atom. The Labute approximate surface area is 308 Å². The van der Waals surface area contributed by atoms with E-state index >= 15 is 0 Å². The van der Waals surface area contributed by atoms with Gasteiger partial charge in [0.1, 0.15) is 6.61 Å². The number of hydrogen-bond acceptors (Lipinski definition) is 8. The summed E-state index contributed by atoms with van der Waals surface area (Å²) in [5, 5.41) is 0. The molecule has 3 N–H and O–H groups in total. The van der Waals surface area contributed by atoms with Crippen LogP contribution in [0.3, 0.4) is 0 Å². The Kier molecular flexibility index (Phi) is 34.1. The predicted octanol–water partition coefficient (Wildman–Crippen LogP) is 10.0. The highest BCUT2D eigenvalue weighted by Gasteiger charge is 2.25. The number of phosphoric acid groups is 1. The summed E-state index contributed by atoms with van der Waals surface area (Å²) < 4.78 is 32.5. The average molecular weight is 730 g/mol. The summed E-state index contributed by atoms with van der Waals surface area (Å²) >= 11 is 0. The zero-order valence-corrected chi connectivity index (χ0v) is 31.9. The molecule has 0 fully saturated rings. The fourth-order valence-electron chi connectivity index (χ4n) is 4.03. The molecule has 0 aromatic carbocycles. The molecule has 0 rings (SSSR count). The summed E-state index contributed by atoms with van der Waals surface area (Å²) in [7, 11) is -4.41. The van der Waals surface area contributed by atoms with Gasteiger partial charge in [0.25, 0.3) is 0 Å². The fourth-order valence-corrected chi connectivity index (χ4v) is 4.80. The van der Waals surface area contributed by atoms with E-state index in [0.717, 1.165) is 57.8 Å². The third-order valence-electron chi connectivity index (χ3n) is 6.67. The Morgan fingerprint density at radius 1 is 0.588 bits per heavy atom. The molecule has 0 amide bonds. The number of hydrogen-bond donors (Lipinski definition) is 2. The third-order valence-corrected chi connectivity index (χ3v) is 7.65. The second-order valence-corrected chi connectivity index (χ2v) is 12.8. The molecule has 0 aliphatic rings. The van der Waals surface area contributed by atoms with Crippen LogP contribution in [0.25, 0.3) is 0 Å². The first-order valence-electron chi connectivity index (χ1n) is 18.4. The molecule has 2 atom stereocenters. The molecule has 0 aliphatic heterocycles. The van der Waals surface area contributed by atoms with Crippen molar-refractivity contribution in [2.24, 2.45) is 5.73 Å². The van der Waals surface area contributed by atoms with Crippen molar-refractivity contribution < 1.29 is 37.6 Å². The standard InChI is InChI=1S/C41H64NO8P/c1-3-5-7-9-11-13-15-17-18-19-20-22-24-26-28-30-32-34-41(44)50-39(38-49-51(45,46)48-36-35-42)37-47-40(43)33-31-29-27-25-23-21-16-14-12-10-8-6-4-2/h5-8,11-14,17-18,20-23,26-29,39H,3-4,9-10,15-16,19,24-25,30-38,42H2,1-2H3,(H,45,46)/b7-5-,8-6-,13-11-,14-12-,18-17-,22-20-,23-21-,28-26-,29-27-. The summed E-state index contributed by atoms with van der Waals surface area (Å²) in [5.74, 6) is -1.01. The molecule has 0 bridgehead atoms.